The Balaban J connectivity index is 1.70. The molecule has 0 radical (unpaired) electrons. The predicted molar refractivity (Wildman–Crippen MR) is 102 cm³/mol. The minimum absolute atomic E-state index is 0.0145. The van der Waals surface area contributed by atoms with Crippen LogP contribution in [0.5, 0.6) is 5.75 Å². The van der Waals surface area contributed by atoms with Crippen LogP contribution >= 0.6 is 0 Å². The summed E-state index contributed by atoms with van der Waals surface area (Å²) in [6.07, 6.45) is 0. The first kappa shape index (κ1) is 19.9. The van der Waals surface area contributed by atoms with Gasteiger partial charge in [-0.25, -0.2) is 13.1 Å². The molecular weight excluding hydrogens is 384 g/mol. The van der Waals surface area contributed by atoms with Crippen molar-refractivity contribution in [1.82, 2.24) is 4.72 Å². The van der Waals surface area contributed by atoms with Crippen molar-refractivity contribution < 1.29 is 27.5 Å². The zero-order valence-electron chi connectivity index (χ0n) is 15.1. The van der Waals surface area contributed by atoms with E-state index in [0.29, 0.717) is 11.3 Å². The van der Waals surface area contributed by atoms with E-state index in [0.717, 1.165) is 5.39 Å². The van der Waals surface area contributed by atoms with Gasteiger partial charge in [-0.3, -0.25) is 4.79 Å². The van der Waals surface area contributed by atoms with E-state index in [4.69, 9.17) is 14.9 Å². The fourth-order valence-corrected chi connectivity index (χ4v) is 3.65. The van der Waals surface area contributed by atoms with Gasteiger partial charge >= 0.3 is 0 Å². The molecule has 3 aromatic rings. The molecule has 0 spiro atoms. The van der Waals surface area contributed by atoms with E-state index in [1.54, 1.807) is 12.1 Å². The van der Waals surface area contributed by atoms with Gasteiger partial charge in [0, 0.05) is 11.9 Å². The van der Waals surface area contributed by atoms with Crippen molar-refractivity contribution in [3.05, 3.63) is 60.4 Å². The molecule has 1 amide bonds. The van der Waals surface area contributed by atoms with E-state index < -0.39 is 21.5 Å². The molecule has 0 aliphatic rings. The molecule has 0 aliphatic carbocycles. The molecule has 8 nitrogen and oxygen atoms in total. The average molecular weight is 404 g/mol. The highest BCUT2D eigenvalue weighted by Gasteiger charge is 2.30. The van der Waals surface area contributed by atoms with Crippen molar-refractivity contribution in [2.75, 3.05) is 13.2 Å². The van der Waals surface area contributed by atoms with Crippen LogP contribution in [0.15, 0.2) is 63.9 Å². The lowest BCUT2D eigenvalue weighted by atomic mass is 10.0. The van der Waals surface area contributed by atoms with Crippen molar-refractivity contribution in [3.8, 4) is 5.75 Å². The number of aliphatic hydroxyl groups is 1. The molecule has 9 heteroatoms. The van der Waals surface area contributed by atoms with E-state index in [-0.39, 0.29) is 23.8 Å². The van der Waals surface area contributed by atoms with E-state index >= 15 is 0 Å². The van der Waals surface area contributed by atoms with Gasteiger partial charge in [0.15, 0.2) is 6.61 Å². The van der Waals surface area contributed by atoms with Crippen LogP contribution in [0.25, 0.3) is 11.0 Å². The summed E-state index contributed by atoms with van der Waals surface area (Å²) in [7, 11) is -3.88. The molecule has 28 heavy (non-hydrogen) atoms. The lowest BCUT2D eigenvalue weighted by Crippen LogP contribution is -2.38. The molecule has 3 rings (SSSR count). The maximum absolute atomic E-state index is 12.5. The third-order valence-electron chi connectivity index (χ3n) is 4.08. The maximum atomic E-state index is 12.5. The SMILES string of the molecule is C[C@@](O)(CNS(=O)(=O)c1ccc(OCC(N)=O)cc1)c1cc2ccccc2o1. The topological polar surface area (TPSA) is 132 Å². The molecule has 148 valence electrons. The van der Waals surface area contributed by atoms with Crippen LogP contribution < -0.4 is 15.2 Å². The second-order valence-corrected chi connectivity index (χ2v) is 8.24. The Morgan fingerprint density at radius 1 is 1.21 bits per heavy atom. The Labute approximate surface area is 162 Å². The van der Waals surface area contributed by atoms with E-state index in [9.17, 15) is 18.3 Å². The number of furan rings is 1. The molecule has 0 bridgehead atoms. The summed E-state index contributed by atoms with van der Waals surface area (Å²) in [5, 5.41) is 11.5. The summed E-state index contributed by atoms with van der Waals surface area (Å²) < 4.78 is 38.1. The van der Waals surface area contributed by atoms with Crippen molar-refractivity contribution in [2.24, 2.45) is 5.73 Å². The Morgan fingerprint density at radius 2 is 1.89 bits per heavy atom. The number of primary amides is 1. The Morgan fingerprint density at radius 3 is 2.54 bits per heavy atom. The number of carbonyl (C=O) groups excluding carboxylic acids is 1. The van der Waals surface area contributed by atoms with Crippen LogP contribution in [0, 0.1) is 0 Å². The van der Waals surface area contributed by atoms with Gasteiger partial charge in [-0.05, 0) is 43.3 Å². The van der Waals surface area contributed by atoms with Crippen LogP contribution in [0.1, 0.15) is 12.7 Å². The summed E-state index contributed by atoms with van der Waals surface area (Å²) in [5.41, 5.74) is 4.05. The van der Waals surface area contributed by atoms with E-state index in [1.807, 2.05) is 18.2 Å². The number of fused-ring (bicyclic) bond motifs is 1. The summed E-state index contributed by atoms with van der Waals surface area (Å²) in [6.45, 7) is 0.883. The number of hydrogen-bond acceptors (Lipinski definition) is 6. The minimum Gasteiger partial charge on any atom is -0.484 e. The van der Waals surface area contributed by atoms with Gasteiger partial charge in [0.1, 0.15) is 22.7 Å². The van der Waals surface area contributed by atoms with Crippen LogP contribution in [0.3, 0.4) is 0 Å². The molecule has 1 aromatic heterocycles. The molecule has 1 atom stereocenters. The molecule has 4 N–H and O–H groups in total. The number of benzene rings is 2. The number of nitrogens with one attached hydrogen (secondary N) is 1. The first-order valence-electron chi connectivity index (χ1n) is 8.40. The largest absolute Gasteiger partial charge is 0.484 e. The van der Waals surface area contributed by atoms with Gasteiger partial charge in [-0.1, -0.05) is 18.2 Å². The number of ether oxygens (including phenoxy) is 1. The first-order valence-corrected chi connectivity index (χ1v) is 9.88. The third-order valence-corrected chi connectivity index (χ3v) is 5.50. The van der Waals surface area contributed by atoms with Gasteiger partial charge in [-0.2, -0.15) is 0 Å². The third kappa shape index (κ3) is 4.50. The highest BCUT2D eigenvalue weighted by molar-refractivity contribution is 7.89. The number of hydrogen-bond donors (Lipinski definition) is 3. The zero-order chi connectivity index (χ0) is 20.4. The fourth-order valence-electron chi connectivity index (χ4n) is 2.52. The number of nitrogens with two attached hydrogens (primary N) is 1. The number of amides is 1. The number of carbonyl (C=O) groups is 1. The number of sulfonamides is 1. The Kier molecular flexibility index (Phi) is 5.41. The van der Waals surface area contributed by atoms with Crippen LogP contribution in [-0.4, -0.2) is 32.6 Å². The number of rotatable bonds is 8. The van der Waals surface area contributed by atoms with Gasteiger partial charge in [0.2, 0.25) is 10.0 Å². The monoisotopic (exact) mass is 404 g/mol. The van der Waals surface area contributed by atoms with Gasteiger partial charge < -0.3 is 20.0 Å². The van der Waals surface area contributed by atoms with E-state index in [1.165, 1.54) is 31.2 Å². The highest BCUT2D eigenvalue weighted by atomic mass is 32.2. The first-order chi connectivity index (χ1) is 13.2. The summed E-state index contributed by atoms with van der Waals surface area (Å²) >= 11 is 0. The normalized spacial score (nSPS) is 13.9. The standard InChI is InChI=1S/C19H20N2O6S/c1-19(23,17-10-13-4-2-3-5-16(13)27-17)12-21-28(24,25)15-8-6-14(7-9-15)26-11-18(20)22/h2-10,21,23H,11-12H2,1H3,(H2,20,22)/t19-/m1/s1. The molecule has 2 aromatic carbocycles. The Bertz CT molecular complexity index is 1050. The molecule has 0 aliphatic heterocycles. The van der Waals surface area contributed by atoms with Gasteiger partial charge in [0.05, 0.1) is 4.90 Å². The second kappa shape index (κ2) is 7.63. The smallest absolute Gasteiger partial charge is 0.255 e. The molecule has 0 saturated heterocycles. The van der Waals surface area contributed by atoms with Crippen molar-refractivity contribution >= 4 is 26.9 Å². The molecular formula is C19H20N2O6S. The zero-order valence-corrected chi connectivity index (χ0v) is 15.9. The summed E-state index contributed by atoms with van der Waals surface area (Å²) in [5.74, 6) is -0.0650. The highest BCUT2D eigenvalue weighted by Crippen LogP contribution is 2.28. The van der Waals surface area contributed by atoms with Crippen molar-refractivity contribution in [1.29, 1.82) is 0 Å². The number of para-hydroxylation sites is 1. The fraction of sp³-hybridized carbons (Fsp3) is 0.211. The lowest BCUT2D eigenvalue weighted by molar-refractivity contribution is -0.119. The molecule has 0 fully saturated rings. The predicted octanol–water partition coefficient (Wildman–Crippen LogP) is 1.48. The minimum atomic E-state index is -3.88. The average Bonchev–Trinajstić information content (AvgIpc) is 3.10. The van der Waals surface area contributed by atoms with Crippen molar-refractivity contribution in [2.45, 2.75) is 17.4 Å². The summed E-state index contributed by atoms with van der Waals surface area (Å²) in [6, 6.07) is 14.4. The van der Waals surface area contributed by atoms with Gasteiger partial charge in [-0.15, -0.1) is 0 Å². The van der Waals surface area contributed by atoms with Crippen LogP contribution in [0.2, 0.25) is 0 Å². The molecule has 0 saturated carbocycles. The van der Waals surface area contributed by atoms with Crippen LogP contribution in [0.4, 0.5) is 0 Å². The summed E-state index contributed by atoms with van der Waals surface area (Å²) in [4.78, 5) is 10.7. The molecule has 0 unspecified atom stereocenters. The molecule has 1 heterocycles. The Hall–Kier alpha value is -2.88. The van der Waals surface area contributed by atoms with Crippen molar-refractivity contribution in [3.63, 3.8) is 0 Å². The lowest BCUT2D eigenvalue weighted by Gasteiger charge is -2.21. The van der Waals surface area contributed by atoms with Gasteiger partial charge in [0.25, 0.3) is 5.91 Å². The van der Waals surface area contributed by atoms with Crippen LogP contribution in [-0.2, 0) is 20.4 Å². The van der Waals surface area contributed by atoms with E-state index in [2.05, 4.69) is 4.72 Å². The second-order valence-electron chi connectivity index (χ2n) is 6.47. The quantitative estimate of drug-likeness (QED) is 0.521. The maximum Gasteiger partial charge on any atom is 0.255 e.